The molecule has 2 heterocycles. The zero-order valence-corrected chi connectivity index (χ0v) is 11.3. The number of phenolic OH excluding ortho intramolecular Hbond substituents is 1. The summed E-state index contributed by atoms with van der Waals surface area (Å²) in [4.78, 5) is 8.01. The van der Waals surface area contributed by atoms with Crippen molar-refractivity contribution in [2.24, 2.45) is 0 Å². The lowest BCUT2D eigenvalue weighted by Crippen LogP contribution is -2.05. The van der Waals surface area contributed by atoms with Crippen LogP contribution in [-0.4, -0.2) is 15.1 Å². The van der Waals surface area contributed by atoms with Crippen LogP contribution in [0, 0.1) is 6.92 Å². The van der Waals surface area contributed by atoms with Gasteiger partial charge in [0.05, 0.1) is 11.3 Å². The van der Waals surface area contributed by atoms with Gasteiger partial charge >= 0.3 is 6.18 Å². The number of nitrogens with zero attached hydrogens (tertiary/aromatic N) is 2. The van der Waals surface area contributed by atoms with Gasteiger partial charge in [0.25, 0.3) is 6.01 Å². The molecule has 2 aromatic heterocycles. The number of oxazole rings is 1. The molecule has 3 N–H and O–H groups in total. The standard InChI is InChI=1S/C14H10F3N3O2/c1-6-4-7(14(15,16)17)5-9(21)11(6)8-2-3-10-12(19-8)20-13(18)22-10/h2-5,21H,1H3,(H2,18,19,20). The van der Waals surface area contributed by atoms with E-state index in [4.69, 9.17) is 10.2 Å². The summed E-state index contributed by atoms with van der Waals surface area (Å²) >= 11 is 0. The lowest BCUT2D eigenvalue weighted by atomic mass is 10.0. The van der Waals surface area contributed by atoms with Gasteiger partial charge in [-0.15, -0.1) is 0 Å². The van der Waals surface area contributed by atoms with Gasteiger partial charge in [-0.1, -0.05) is 0 Å². The van der Waals surface area contributed by atoms with Gasteiger partial charge in [0.1, 0.15) is 5.75 Å². The highest BCUT2D eigenvalue weighted by Crippen LogP contribution is 2.38. The first-order valence-electron chi connectivity index (χ1n) is 6.20. The van der Waals surface area contributed by atoms with Crippen LogP contribution in [0.15, 0.2) is 28.7 Å². The fraction of sp³-hybridized carbons (Fsp3) is 0.143. The first-order chi connectivity index (χ1) is 10.3. The predicted molar refractivity (Wildman–Crippen MR) is 73.1 cm³/mol. The lowest BCUT2D eigenvalue weighted by Gasteiger charge is -2.13. The molecule has 0 aliphatic heterocycles. The highest BCUT2D eigenvalue weighted by atomic mass is 19.4. The molecular formula is C14H10F3N3O2. The van der Waals surface area contributed by atoms with Gasteiger partial charge in [0.15, 0.2) is 5.58 Å². The summed E-state index contributed by atoms with van der Waals surface area (Å²) in [6, 6.07) is 4.62. The third-order valence-electron chi connectivity index (χ3n) is 3.17. The topological polar surface area (TPSA) is 85.2 Å². The fourth-order valence-electron chi connectivity index (χ4n) is 2.24. The largest absolute Gasteiger partial charge is 0.507 e. The molecule has 0 radical (unpaired) electrons. The lowest BCUT2D eigenvalue weighted by molar-refractivity contribution is -0.137. The minimum Gasteiger partial charge on any atom is -0.507 e. The minimum atomic E-state index is -4.53. The number of alkyl halides is 3. The molecule has 5 nitrogen and oxygen atoms in total. The van der Waals surface area contributed by atoms with Gasteiger partial charge in [-0.2, -0.15) is 18.2 Å². The summed E-state index contributed by atoms with van der Waals surface area (Å²) in [5.74, 6) is -0.504. The number of pyridine rings is 1. The van der Waals surface area contributed by atoms with Crippen molar-refractivity contribution >= 4 is 17.2 Å². The second-order valence-corrected chi connectivity index (χ2v) is 4.76. The van der Waals surface area contributed by atoms with Gasteiger partial charge in [-0.25, -0.2) is 4.98 Å². The fourth-order valence-corrected chi connectivity index (χ4v) is 2.24. The number of aromatic hydroxyl groups is 1. The van der Waals surface area contributed by atoms with Crippen LogP contribution < -0.4 is 5.73 Å². The Bertz CT molecular complexity index is 848. The Kier molecular flexibility index (Phi) is 2.98. The Balaban J connectivity index is 2.17. The molecule has 3 aromatic rings. The van der Waals surface area contributed by atoms with Crippen LogP contribution >= 0.6 is 0 Å². The third kappa shape index (κ3) is 2.32. The van der Waals surface area contributed by atoms with Gasteiger partial charge in [-0.05, 0) is 36.8 Å². The number of nitrogens with two attached hydrogens (primary N) is 1. The van der Waals surface area contributed by atoms with Crippen molar-refractivity contribution < 1.29 is 22.7 Å². The van der Waals surface area contributed by atoms with Crippen LogP contribution in [0.25, 0.3) is 22.5 Å². The van der Waals surface area contributed by atoms with Crippen molar-refractivity contribution in [1.29, 1.82) is 0 Å². The monoisotopic (exact) mass is 309 g/mol. The van der Waals surface area contributed by atoms with E-state index in [-0.39, 0.29) is 28.5 Å². The number of anilines is 1. The van der Waals surface area contributed by atoms with E-state index in [1.807, 2.05) is 0 Å². The van der Waals surface area contributed by atoms with Gasteiger partial charge in [0.2, 0.25) is 5.65 Å². The quantitative estimate of drug-likeness (QED) is 0.718. The zero-order valence-electron chi connectivity index (χ0n) is 11.3. The van der Waals surface area contributed by atoms with Crippen molar-refractivity contribution in [1.82, 2.24) is 9.97 Å². The normalized spacial score (nSPS) is 12.0. The van der Waals surface area contributed by atoms with Crippen molar-refractivity contribution in [3.8, 4) is 17.0 Å². The molecule has 114 valence electrons. The molecule has 0 fully saturated rings. The number of phenols is 1. The second kappa shape index (κ2) is 4.62. The van der Waals surface area contributed by atoms with Crippen LogP contribution in [0.5, 0.6) is 5.75 Å². The number of hydrogen-bond donors (Lipinski definition) is 2. The molecule has 0 aliphatic carbocycles. The van der Waals surface area contributed by atoms with Gasteiger partial charge in [-0.3, -0.25) is 0 Å². The first kappa shape index (κ1) is 14.2. The molecule has 0 unspecified atom stereocenters. The maximum absolute atomic E-state index is 12.7. The Morgan fingerprint density at radius 2 is 1.91 bits per heavy atom. The number of fused-ring (bicyclic) bond motifs is 1. The smallest absolute Gasteiger partial charge is 0.416 e. The molecule has 0 amide bonds. The van der Waals surface area contributed by atoms with Crippen molar-refractivity contribution in [2.45, 2.75) is 13.1 Å². The third-order valence-corrected chi connectivity index (χ3v) is 3.17. The number of nitrogen functional groups attached to an aromatic ring is 1. The molecule has 0 aliphatic rings. The van der Waals surface area contributed by atoms with E-state index < -0.39 is 17.5 Å². The molecule has 0 saturated heterocycles. The Labute approximate surface area is 122 Å². The van der Waals surface area contributed by atoms with Crippen LogP contribution in [0.4, 0.5) is 19.2 Å². The molecule has 22 heavy (non-hydrogen) atoms. The SMILES string of the molecule is Cc1cc(C(F)(F)F)cc(O)c1-c1ccc2oc(N)nc2n1. The van der Waals surface area contributed by atoms with Crippen LogP contribution in [0.3, 0.4) is 0 Å². The number of benzene rings is 1. The van der Waals surface area contributed by atoms with Gasteiger partial charge in [0, 0.05) is 5.56 Å². The highest BCUT2D eigenvalue weighted by Gasteiger charge is 2.32. The molecule has 0 saturated carbocycles. The van der Waals surface area contributed by atoms with E-state index in [9.17, 15) is 18.3 Å². The molecule has 8 heteroatoms. The van der Waals surface area contributed by atoms with Crippen LogP contribution in [-0.2, 0) is 6.18 Å². The minimum absolute atomic E-state index is 0.0620. The first-order valence-corrected chi connectivity index (χ1v) is 6.20. The molecule has 3 rings (SSSR count). The van der Waals surface area contributed by atoms with Crippen LogP contribution in [0.1, 0.15) is 11.1 Å². The number of halogens is 3. The Hall–Kier alpha value is -2.77. The maximum atomic E-state index is 12.7. The molecular weight excluding hydrogens is 299 g/mol. The van der Waals surface area contributed by atoms with Crippen molar-refractivity contribution in [3.05, 3.63) is 35.4 Å². The van der Waals surface area contributed by atoms with Crippen LogP contribution in [0.2, 0.25) is 0 Å². The summed E-state index contributed by atoms with van der Waals surface area (Å²) in [7, 11) is 0. The van der Waals surface area contributed by atoms with Crippen molar-refractivity contribution in [2.75, 3.05) is 5.73 Å². The van der Waals surface area contributed by atoms with E-state index in [2.05, 4.69) is 9.97 Å². The Morgan fingerprint density at radius 3 is 2.55 bits per heavy atom. The number of hydrogen-bond acceptors (Lipinski definition) is 5. The zero-order chi connectivity index (χ0) is 16.1. The molecule has 1 aromatic carbocycles. The number of aromatic nitrogens is 2. The summed E-state index contributed by atoms with van der Waals surface area (Å²) < 4.78 is 43.3. The predicted octanol–water partition coefficient (Wildman–Crippen LogP) is 3.50. The summed E-state index contributed by atoms with van der Waals surface area (Å²) in [5.41, 5.74) is 5.80. The molecule has 0 spiro atoms. The average molecular weight is 309 g/mol. The van der Waals surface area contributed by atoms with E-state index in [0.717, 1.165) is 6.07 Å². The Morgan fingerprint density at radius 1 is 1.18 bits per heavy atom. The number of aryl methyl sites for hydroxylation is 1. The van der Waals surface area contributed by atoms with Gasteiger partial charge < -0.3 is 15.3 Å². The summed E-state index contributed by atoms with van der Waals surface area (Å²) in [6.45, 7) is 1.47. The molecule has 0 bridgehead atoms. The maximum Gasteiger partial charge on any atom is 0.416 e. The molecule has 0 atom stereocenters. The van der Waals surface area contributed by atoms with E-state index in [1.165, 1.54) is 19.1 Å². The summed E-state index contributed by atoms with van der Waals surface area (Å²) in [5, 5.41) is 9.96. The summed E-state index contributed by atoms with van der Waals surface area (Å²) in [6.07, 6.45) is -4.53. The van der Waals surface area contributed by atoms with E-state index >= 15 is 0 Å². The second-order valence-electron chi connectivity index (χ2n) is 4.76. The van der Waals surface area contributed by atoms with E-state index in [1.54, 1.807) is 0 Å². The van der Waals surface area contributed by atoms with Crippen molar-refractivity contribution in [3.63, 3.8) is 0 Å². The highest BCUT2D eigenvalue weighted by molar-refractivity contribution is 5.78. The van der Waals surface area contributed by atoms with E-state index in [0.29, 0.717) is 11.6 Å². The number of rotatable bonds is 1. The average Bonchev–Trinajstić information content (AvgIpc) is 2.76.